The summed E-state index contributed by atoms with van der Waals surface area (Å²) in [4.78, 5) is 27.5. The second-order valence-electron chi connectivity index (χ2n) is 5.27. The molecule has 2 amide bonds. The van der Waals surface area contributed by atoms with Crippen molar-refractivity contribution in [3.63, 3.8) is 0 Å². The Morgan fingerprint density at radius 1 is 1.10 bits per heavy atom. The van der Waals surface area contributed by atoms with E-state index in [1.165, 1.54) is 0 Å². The van der Waals surface area contributed by atoms with Crippen LogP contribution >= 0.6 is 0 Å². The van der Waals surface area contributed by atoms with E-state index in [0.29, 0.717) is 19.5 Å². The van der Waals surface area contributed by atoms with Gasteiger partial charge >= 0.3 is 0 Å². The monoisotopic (exact) mass is 289 g/mol. The van der Waals surface area contributed by atoms with E-state index in [9.17, 15) is 9.59 Å². The molecule has 0 bridgehead atoms. The first-order chi connectivity index (χ1) is 10.2. The van der Waals surface area contributed by atoms with Gasteiger partial charge in [-0.3, -0.25) is 14.5 Å². The van der Waals surface area contributed by atoms with Gasteiger partial charge in [0.15, 0.2) is 0 Å². The molecule has 1 aliphatic heterocycles. The minimum atomic E-state index is 0.0362. The number of hydrogen-bond donors (Lipinski definition) is 1. The van der Waals surface area contributed by atoms with Gasteiger partial charge in [0.1, 0.15) is 0 Å². The number of nitrogens with one attached hydrogen (secondary N) is 1. The van der Waals surface area contributed by atoms with Crippen molar-refractivity contribution in [3.05, 3.63) is 35.9 Å². The van der Waals surface area contributed by atoms with Gasteiger partial charge in [0.2, 0.25) is 11.8 Å². The Bertz CT molecular complexity index is 468. The van der Waals surface area contributed by atoms with Crippen LogP contribution in [-0.4, -0.2) is 54.3 Å². The summed E-state index contributed by atoms with van der Waals surface area (Å²) in [5.41, 5.74) is 1.10. The Labute approximate surface area is 125 Å². The van der Waals surface area contributed by atoms with Gasteiger partial charge in [0.25, 0.3) is 0 Å². The van der Waals surface area contributed by atoms with Gasteiger partial charge < -0.3 is 10.2 Å². The molecule has 0 unspecified atom stereocenters. The maximum absolute atomic E-state index is 11.9. The van der Waals surface area contributed by atoms with Crippen LogP contribution in [0.15, 0.2) is 30.3 Å². The maximum Gasteiger partial charge on any atom is 0.234 e. The van der Waals surface area contributed by atoms with Crippen molar-refractivity contribution in [2.24, 2.45) is 0 Å². The quantitative estimate of drug-likeness (QED) is 0.874. The van der Waals surface area contributed by atoms with Crippen molar-refractivity contribution in [1.29, 1.82) is 0 Å². The first kappa shape index (κ1) is 15.5. The third kappa shape index (κ3) is 4.86. The summed E-state index contributed by atoms with van der Waals surface area (Å²) < 4.78 is 0. The zero-order chi connectivity index (χ0) is 15.1. The van der Waals surface area contributed by atoms with E-state index in [0.717, 1.165) is 31.7 Å². The van der Waals surface area contributed by atoms with Gasteiger partial charge in [-0.1, -0.05) is 37.3 Å². The molecule has 114 valence electrons. The van der Waals surface area contributed by atoms with Gasteiger partial charge in [-0.05, 0) is 5.56 Å². The van der Waals surface area contributed by atoms with Crippen molar-refractivity contribution >= 4 is 11.8 Å². The van der Waals surface area contributed by atoms with Crippen molar-refractivity contribution in [1.82, 2.24) is 15.1 Å². The van der Waals surface area contributed by atoms with Crippen molar-refractivity contribution in [2.75, 3.05) is 32.7 Å². The summed E-state index contributed by atoms with van der Waals surface area (Å²) in [6.45, 7) is 5.83. The summed E-state index contributed by atoms with van der Waals surface area (Å²) >= 11 is 0. The Hall–Kier alpha value is -1.88. The molecule has 1 N–H and O–H groups in total. The van der Waals surface area contributed by atoms with Crippen molar-refractivity contribution in [3.8, 4) is 0 Å². The highest BCUT2D eigenvalue weighted by atomic mass is 16.2. The molecule has 1 aliphatic rings. The number of carbonyl (C=O) groups is 2. The molecule has 21 heavy (non-hydrogen) atoms. The summed E-state index contributed by atoms with van der Waals surface area (Å²) in [6, 6.07) is 9.88. The van der Waals surface area contributed by atoms with Crippen LogP contribution in [-0.2, 0) is 16.1 Å². The number of rotatable bonds is 5. The number of piperazine rings is 1. The summed E-state index contributed by atoms with van der Waals surface area (Å²) in [6.07, 6.45) is 0.553. The first-order valence-electron chi connectivity index (χ1n) is 7.49. The summed E-state index contributed by atoms with van der Waals surface area (Å²) in [5.74, 6) is 0.234. The molecule has 1 heterocycles. The van der Waals surface area contributed by atoms with Crippen LogP contribution in [0.3, 0.4) is 0 Å². The lowest BCUT2D eigenvalue weighted by atomic mass is 10.2. The SMILES string of the molecule is CCC(=O)N1CCN(CC(=O)NCc2ccccc2)CC1. The molecule has 5 heteroatoms. The van der Waals surface area contributed by atoms with E-state index >= 15 is 0 Å². The van der Waals surface area contributed by atoms with Gasteiger partial charge in [0.05, 0.1) is 6.54 Å². The average Bonchev–Trinajstić information content (AvgIpc) is 2.54. The average molecular weight is 289 g/mol. The lowest BCUT2D eigenvalue weighted by molar-refractivity contribution is -0.132. The van der Waals surface area contributed by atoms with E-state index in [1.807, 2.05) is 42.2 Å². The van der Waals surface area contributed by atoms with Crippen LogP contribution < -0.4 is 5.32 Å². The number of hydrogen-bond acceptors (Lipinski definition) is 3. The third-order valence-electron chi connectivity index (χ3n) is 3.73. The van der Waals surface area contributed by atoms with Crippen LogP contribution in [0.2, 0.25) is 0 Å². The summed E-state index contributed by atoms with van der Waals surface area (Å²) in [5, 5.41) is 2.93. The zero-order valence-corrected chi connectivity index (χ0v) is 12.5. The minimum Gasteiger partial charge on any atom is -0.351 e. The molecule has 1 saturated heterocycles. The molecule has 0 radical (unpaired) electrons. The van der Waals surface area contributed by atoms with E-state index in [1.54, 1.807) is 0 Å². The van der Waals surface area contributed by atoms with E-state index < -0.39 is 0 Å². The molecule has 0 spiro atoms. The molecular formula is C16H23N3O2. The maximum atomic E-state index is 11.9. The molecule has 0 aromatic heterocycles. The van der Waals surface area contributed by atoms with Crippen LogP contribution in [0, 0.1) is 0 Å². The smallest absolute Gasteiger partial charge is 0.234 e. The largest absolute Gasteiger partial charge is 0.351 e. The molecule has 2 rings (SSSR count). The molecule has 1 fully saturated rings. The molecule has 1 aromatic carbocycles. The predicted molar refractivity (Wildman–Crippen MR) is 81.6 cm³/mol. The van der Waals surface area contributed by atoms with Gasteiger partial charge in [-0.15, -0.1) is 0 Å². The number of benzene rings is 1. The number of carbonyl (C=O) groups excluding carboxylic acids is 2. The van der Waals surface area contributed by atoms with Crippen LogP contribution in [0.1, 0.15) is 18.9 Å². The van der Waals surface area contributed by atoms with Crippen molar-refractivity contribution < 1.29 is 9.59 Å². The van der Waals surface area contributed by atoms with Gasteiger partial charge in [0, 0.05) is 39.1 Å². The molecule has 0 saturated carbocycles. The topological polar surface area (TPSA) is 52.7 Å². The molecular weight excluding hydrogens is 266 g/mol. The predicted octanol–water partition coefficient (Wildman–Crippen LogP) is 0.857. The zero-order valence-electron chi connectivity index (χ0n) is 12.5. The molecule has 0 atom stereocenters. The highest BCUT2D eigenvalue weighted by molar-refractivity contribution is 5.78. The second kappa shape index (κ2) is 7.78. The summed E-state index contributed by atoms with van der Waals surface area (Å²) in [7, 11) is 0. The fraction of sp³-hybridized carbons (Fsp3) is 0.500. The minimum absolute atomic E-state index is 0.0362. The normalized spacial score (nSPS) is 15.8. The highest BCUT2D eigenvalue weighted by Crippen LogP contribution is 2.03. The fourth-order valence-corrected chi connectivity index (χ4v) is 2.43. The van der Waals surface area contributed by atoms with Crippen LogP contribution in [0.25, 0.3) is 0 Å². The molecule has 0 aliphatic carbocycles. The first-order valence-corrected chi connectivity index (χ1v) is 7.49. The number of amides is 2. The molecule has 5 nitrogen and oxygen atoms in total. The Morgan fingerprint density at radius 3 is 2.38 bits per heavy atom. The van der Waals surface area contributed by atoms with Gasteiger partial charge in [-0.2, -0.15) is 0 Å². The van der Waals surface area contributed by atoms with E-state index in [-0.39, 0.29) is 11.8 Å². The van der Waals surface area contributed by atoms with E-state index in [2.05, 4.69) is 10.2 Å². The molecule has 1 aromatic rings. The van der Waals surface area contributed by atoms with Gasteiger partial charge in [-0.25, -0.2) is 0 Å². The van der Waals surface area contributed by atoms with Crippen molar-refractivity contribution in [2.45, 2.75) is 19.9 Å². The fourth-order valence-electron chi connectivity index (χ4n) is 2.43. The highest BCUT2D eigenvalue weighted by Gasteiger charge is 2.21. The van der Waals surface area contributed by atoms with Crippen LogP contribution in [0.4, 0.5) is 0 Å². The Kier molecular flexibility index (Phi) is 5.75. The van der Waals surface area contributed by atoms with Crippen LogP contribution in [0.5, 0.6) is 0 Å². The lowest BCUT2D eigenvalue weighted by Gasteiger charge is -2.34. The van der Waals surface area contributed by atoms with E-state index in [4.69, 9.17) is 0 Å². The lowest BCUT2D eigenvalue weighted by Crippen LogP contribution is -2.50. The standard InChI is InChI=1S/C16H23N3O2/c1-2-16(21)19-10-8-18(9-11-19)13-15(20)17-12-14-6-4-3-5-7-14/h3-7H,2,8-13H2,1H3,(H,17,20). The second-order valence-corrected chi connectivity index (χ2v) is 5.27. The number of nitrogens with zero attached hydrogens (tertiary/aromatic N) is 2. The Balaban J connectivity index is 1.68. The Morgan fingerprint density at radius 2 is 1.76 bits per heavy atom. The third-order valence-corrected chi connectivity index (χ3v) is 3.73.